The standard InChI is InChI=1S/C24H27NO6/c1-4-9-19-22(24(28)30-5-2)18(16-10-7-6-8-11-16)14-21(26)25(19)15-17-12-13-20(31-17)23(27)29-3/h6-8,10-13,18H,4-5,9,14-15H2,1-3H3. The number of allylic oxidation sites excluding steroid dienone is 1. The van der Waals surface area contributed by atoms with Gasteiger partial charge < -0.3 is 18.8 Å². The number of methoxy groups -OCH3 is 1. The van der Waals surface area contributed by atoms with Crippen molar-refractivity contribution in [1.82, 2.24) is 4.90 Å². The summed E-state index contributed by atoms with van der Waals surface area (Å²) in [7, 11) is 1.27. The molecular formula is C24H27NO6. The van der Waals surface area contributed by atoms with Gasteiger partial charge in [0.15, 0.2) is 0 Å². The molecule has 1 amide bonds. The lowest BCUT2D eigenvalue weighted by atomic mass is 9.82. The van der Waals surface area contributed by atoms with Gasteiger partial charge in [-0.25, -0.2) is 9.59 Å². The number of nitrogens with zero attached hydrogens (tertiary/aromatic N) is 1. The van der Waals surface area contributed by atoms with Gasteiger partial charge in [0.05, 0.1) is 25.8 Å². The number of esters is 2. The molecule has 31 heavy (non-hydrogen) atoms. The lowest BCUT2D eigenvalue weighted by Crippen LogP contribution is -2.39. The van der Waals surface area contributed by atoms with Crippen LogP contribution in [0.4, 0.5) is 0 Å². The Bertz CT molecular complexity index is 975. The fraction of sp³-hybridized carbons (Fsp3) is 0.375. The minimum atomic E-state index is -0.586. The van der Waals surface area contributed by atoms with Gasteiger partial charge in [-0.05, 0) is 31.0 Å². The molecule has 1 aliphatic heterocycles. The third kappa shape index (κ3) is 4.87. The van der Waals surface area contributed by atoms with E-state index in [1.54, 1.807) is 17.9 Å². The molecule has 7 nitrogen and oxygen atoms in total. The van der Waals surface area contributed by atoms with E-state index in [1.165, 1.54) is 13.2 Å². The van der Waals surface area contributed by atoms with Crippen LogP contribution in [0.15, 0.2) is 58.2 Å². The second-order valence-electron chi connectivity index (χ2n) is 7.24. The molecular weight excluding hydrogens is 398 g/mol. The first-order chi connectivity index (χ1) is 15.0. The fourth-order valence-corrected chi connectivity index (χ4v) is 3.84. The summed E-state index contributed by atoms with van der Waals surface area (Å²) < 4.78 is 15.6. The zero-order chi connectivity index (χ0) is 22.4. The predicted molar refractivity (Wildman–Crippen MR) is 113 cm³/mol. The van der Waals surface area contributed by atoms with Crippen LogP contribution in [0.1, 0.15) is 60.9 Å². The van der Waals surface area contributed by atoms with Crippen molar-refractivity contribution < 1.29 is 28.3 Å². The van der Waals surface area contributed by atoms with Crippen molar-refractivity contribution in [2.24, 2.45) is 0 Å². The zero-order valence-electron chi connectivity index (χ0n) is 18.1. The van der Waals surface area contributed by atoms with Crippen molar-refractivity contribution in [3.63, 3.8) is 0 Å². The van der Waals surface area contributed by atoms with Gasteiger partial charge in [-0.15, -0.1) is 0 Å². The molecule has 0 N–H and O–H groups in total. The Balaban J connectivity index is 2.04. The van der Waals surface area contributed by atoms with Gasteiger partial charge in [0.25, 0.3) is 0 Å². The van der Waals surface area contributed by atoms with Crippen LogP contribution < -0.4 is 0 Å². The average molecular weight is 425 g/mol. The van der Waals surface area contributed by atoms with E-state index in [0.29, 0.717) is 23.5 Å². The van der Waals surface area contributed by atoms with Crippen molar-refractivity contribution in [1.29, 1.82) is 0 Å². The third-order valence-electron chi connectivity index (χ3n) is 5.21. The van der Waals surface area contributed by atoms with E-state index >= 15 is 0 Å². The van der Waals surface area contributed by atoms with E-state index in [1.807, 2.05) is 37.3 Å². The molecule has 1 aliphatic rings. The molecule has 0 bridgehead atoms. The molecule has 7 heteroatoms. The Morgan fingerprint density at radius 2 is 1.84 bits per heavy atom. The molecule has 0 saturated heterocycles. The maximum Gasteiger partial charge on any atom is 0.373 e. The summed E-state index contributed by atoms with van der Waals surface area (Å²) in [6.07, 6.45) is 1.43. The highest BCUT2D eigenvalue weighted by Gasteiger charge is 2.38. The van der Waals surface area contributed by atoms with E-state index < -0.39 is 11.9 Å². The van der Waals surface area contributed by atoms with Crippen LogP contribution in [-0.4, -0.2) is 36.5 Å². The number of hydrogen-bond acceptors (Lipinski definition) is 6. The topological polar surface area (TPSA) is 86.1 Å². The Hall–Kier alpha value is -3.35. The van der Waals surface area contributed by atoms with Gasteiger partial charge in [-0.3, -0.25) is 4.79 Å². The van der Waals surface area contributed by atoms with Gasteiger partial charge in [-0.2, -0.15) is 0 Å². The number of furan rings is 1. The van der Waals surface area contributed by atoms with Gasteiger partial charge in [0.1, 0.15) is 5.76 Å². The molecule has 0 saturated carbocycles. The number of hydrogen-bond donors (Lipinski definition) is 0. The minimum absolute atomic E-state index is 0.0655. The first-order valence-electron chi connectivity index (χ1n) is 10.4. The monoisotopic (exact) mass is 425 g/mol. The third-order valence-corrected chi connectivity index (χ3v) is 5.21. The van der Waals surface area contributed by atoms with Crippen LogP contribution in [0.5, 0.6) is 0 Å². The van der Waals surface area contributed by atoms with Crippen LogP contribution in [0, 0.1) is 0 Å². The summed E-state index contributed by atoms with van der Waals surface area (Å²) >= 11 is 0. The molecule has 1 unspecified atom stereocenters. The van der Waals surface area contributed by atoms with Crippen molar-refractivity contribution in [2.75, 3.05) is 13.7 Å². The molecule has 0 spiro atoms. The summed E-state index contributed by atoms with van der Waals surface area (Å²) in [6, 6.07) is 12.7. The Kier molecular flexibility index (Phi) is 7.28. The normalized spacial score (nSPS) is 16.4. The molecule has 164 valence electrons. The smallest absolute Gasteiger partial charge is 0.373 e. The number of ether oxygens (including phenoxy) is 2. The fourth-order valence-electron chi connectivity index (χ4n) is 3.84. The molecule has 2 aromatic rings. The highest BCUT2D eigenvalue weighted by atomic mass is 16.5. The Labute approximate surface area is 181 Å². The van der Waals surface area contributed by atoms with Crippen molar-refractivity contribution in [3.05, 3.63) is 70.8 Å². The van der Waals surface area contributed by atoms with Gasteiger partial charge in [0.2, 0.25) is 11.7 Å². The Morgan fingerprint density at radius 1 is 1.10 bits per heavy atom. The summed E-state index contributed by atoms with van der Waals surface area (Å²) in [5, 5.41) is 0. The summed E-state index contributed by atoms with van der Waals surface area (Å²) in [6.45, 7) is 4.12. The van der Waals surface area contributed by atoms with E-state index in [-0.39, 0.29) is 37.2 Å². The molecule has 1 aromatic heterocycles. The van der Waals surface area contributed by atoms with E-state index in [9.17, 15) is 14.4 Å². The molecule has 2 heterocycles. The largest absolute Gasteiger partial charge is 0.463 e. The average Bonchev–Trinajstić information content (AvgIpc) is 3.25. The molecule has 0 aliphatic carbocycles. The van der Waals surface area contributed by atoms with Crippen LogP contribution in [-0.2, 0) is 25.6 Å². The van der Waals surface area contributed by atoms with Gasteiger partial charge >= 0.3 is 11.9 Å². The quantitative estimate of drug-likeness (QED) is 0.589. The van der Waals surface area contributed by atoms with Crippen LogP contribution in [0.25, 0.3) is 0 Å². The maximum atomic E-state index is 13.2. The molecule has 1 atom stereocenters. The molecule has 1 aromatic carbocycles. The SMILES string of the molecule is CCCC1=C(C(=O)OCC)C(c2ccccc2)CC(=O)N1Cc1ccc(C(=O)OC)o1. The first kappa shape index (κ1) is 22.3. The first-order valence-corrected chi connectivity index (χ1v) is 10.4. The van der Waals surface area contributed by atoms with Crippen LogP contribution in [0.2, 0.25) is 0 Å². The van der Waals surface area contributed by atoms with Crippen LogP contribution >= 0.6 is 0 Å². The van der Waals surface area contributed by atoms with Gasteiger partial charge in [0, 0.05) is 18.0 Å². The number of benzene rings is 1. The highest BCUT2D eigenvalue weighted by molar-refractivity contribution is 5.96. The second kappa shape index (κ2) is 10.1. The number of rotatable bonds is 8. The van der Waals surface area contributed by atoms with E-state index in [4.69, 9.17) is 9.15 Å². The lowest BCUT2D eigenvalue weighted by molar-refractivity contribution is -0.140. The Morgan fingerprint density at radius 3 is 2.48 bits per heavy atom. The summed E-state index contributed by atoms with van der Waals surface area (Å²) in [4.78, 5) is 39.5. The van der Waals surface area contributed by atoms with E-state index in [0.717, 1.165) is 12.0 Å². The second-order valence-corrected chi connectivity index (χ2v) is 7.24. The van der Waals surface area contributed by atoms with Gasteiger partial charge in [-0.1, -0.05) is 43.7 Å². The van der Waals surface area contributed by atoms with Crippen molar-refractivity contribution >= 4 is 17.8 Å². The molecule has 0 fully saturated rings. The molecule has 0 radical (unpaired) electrons. The maximum absolute atomic E-state index is 13.2. The molecule has 3 rings (SSSR count). The highest BCUT2D eigenvalue weighted by Crippen LogP contribution is 2.39. The van der Waals surface area contributed by atoms with E-state index in [2.05, 4.69) is 4.74 Å². The predicted octanol–water partition coefficient (Wildman–Crippen LogP) is 4.20. The number of carbonyl (C=O) groups excluding carboxylic acids is 3. The van der Waals surface area contributed by atoms with Crippen molar-refractivity contribution in [3.8, 4) is 0 Å². The van der Waals surface area contributed by atoms with Crippen molar-refractivity contribution in [2.45, 2.75) is 45.6 Å². The minimum Gasteiger partial charge on any atom is -0.463 e. The summed E-state index contributed by atoms with van der Waals surface area (Å²) in [5.41, 5.74) is 2.05. The zero-order valence-corrected chi connectivity index (χ0v) is 18.1. The number of amides is 1. The lowest BCUT2D eigenvalue weighted by Gasteiger charge is -2.35. The van der Waals surface area contributed by atoms with Crippen LogP contribution in [0.3, 0.4) is 0 Å². The number of carbonyl (C=O) groups is 3. The summed E-state index contributed by atoms with van der Waals surface area (Å²) in [5.74, 6) is -0.975.